The molecule has 0 aliphatic heterocycles. The average molecular weight is 472 g/mol. The van der Waals surface area contributed by atoms with Gasteiger partial charge >= 0.3 is 5.69 Å². The van der Waals surface area contributed by atoms with Crippen molar-refractivity contribution < 1.29 is 31.1 Å². The number of halogens is 3. The van der Waals surface area contributed by atoms with Crippen LogP contribution < -0.4 is 15.2 Å². The van der Waals surface area contributed by atoms with Gasteiger partial charge in [-0.25, -0.2) is 26.4 Å². The van der Waals surface area contributed by atoms with Gasteiger partial charge in [-0.15, -0.1) is 0 Å². The first-order chi connectivity index (χ1) is 15.1. The molecule has 1 aromatic heterocycles. The summed E-state index contributed by atoms with van der Waals surface area (Å²) >= 11 is 0. The first-order valence-corrected chi connectivity index (χ1v) is 11.8. The standard InChI is InChI=1S/C21H23F3N2O5S/c1-4-31-19-9-13(5-8-18(19)30-2)17(12-32(3,28)29)26-15-7-6-14(22)10-16(15)25(21(26)27)11-20(23)24/h5-10,17,20H,4,11-12H2,1-3H3/t17-/m1/s1. The number of ether oxygens (including phenoxy) is 2. The van der Waals surface area contributed by atoms with E-state index in [1.165, 1.54) is 13.2 Å². The molecule has 11 heteroatoms. The highest BCUT2D eigenvalue weighted by atomic mass is 32.2. The second-order valence-corrected chi connectivity index (χ2v) is 9.42. The fourth-order valence-corrected chi connectivity index (χ4v) is 4.56. The highest BCUT2D eigenvalue weighted by molar-refractivity contribution is 7.90. The van der Waals surface area contributed by atoms with Crippen molar-refractivity contribution in [1.29, 1.82) is 0 Å². The van der Waals surface area contributed by atoms with E-state index in [4.69, 9.17) is 9.47 Å². The second kappa shape index (κ2) is 9.27. The third-order valence-electron chi connectivity index (χ3n) is 4.89. The number of rotatable bonds is 9. The third kappa shape index (κ3) is 4.93. The van der Waals surface area contributed by atoms with Crippen LogP contribution in [0.1, 0.15) is 18.5 Å². The Labute approximate surface area is 182 Å². The predicted molar refractivity (Wildman–Crippen MR) is 114 cm³/mol. The number of nitrogens with zero attached hydrogens (tertiary/aromatic N) is 2. The Bertz CT molecular complexity index is 1280. The van der Waals surface area contributed by atoms with Crippen molar-refractivity contribution in [2.45, 2.75) is 25.9 Å². The van der Waals surface area contributed by atoms with Crippen LogP contribution in [0.25, 0.3) is 11.0 Å². The number of aromatic nitrogens is 2. The number of alkyl halides is 2. The van der Waals surface area contributed by atoms with Gasteiger partial charge in [0.1, 0.15) is 15.7 Å². The summed E-state index contributed by atoms with van der Waals surface area (Å²) in [6, 6.07) is 6.95. The van der Waals surface area contributed by atoms with Crippen LogP contribution >= 0.6 is 0 Å². The fraction of sp³-hybridized carbons (Fsp3) is 0.381. The smallest absolute Gasteiger partial charge is 0.329 e. The summed E-state index contributed by atoms with van der Waals surface area (Å²) in [5.41, 5.74) is -0.387. The average Bonchev–Trinajstić information content (AvgIpc) is 2.96. The van der Waals surface area contributed by atoms with E-state index in [0.717, 1.165) is 27.5 Å². The van der Waals surface area contributed by atoms with Gasteiger partial charge in [-0.2, -0.15) is 0 Å². The SMILES string of the molecule is CCOc1cc([C@@H](CS(C)(=O)=O)n2c(=O)n(CC(F)F)c3cc(F)ccc32)ccc1OC. The maximum atomic E-state index is 13.9. The molecule has 0 bridgehead atoms. The zero-order chi connectivity index (χ0) is 23.6. The number of imidazole rings is 1. The van der Waals surface area contributed by atoms with Crippen molar-refractivity contribution in [2.24, 2.45) is 0 Å². The highest BCUT2D eigenvalue weighted by Gasteiger charge is 2.27. The van der Waals surface area contributed by atoms with Gasteiger partial charge in [0.05, 0.1) is 43.1 Å². The van der Waals surface area contributed by atoms with E-state index in [0.29, 0.717) is 23.7 Å². The van der Waals surface area contributed by atoms with E-state index in [9.17, 15) is 26.4 Å². The quantitative estimate of drug-likeness (QED) is 0.478. The minimum absolute atomic E-state index is 0.0488. The molecule has 0 amide bonds. The molecule has 0 saturated heterocycles. The van der Waals surface area contributed by atoms with Crippen LogP contribution in [-0.2, 0) is 16.4 Å². The van der Waals surface area contributed by atoms with Gasteiger partial charge in [-0.1, -0.05) is 6.07 Å². The van der Waals surface area contributed by atoms with Gasteiger partial charge in [-0.3, -0.25) is 9.13 Å². The number of benzene rings is 2. The van der Waals surface area contributed by atoms with E-state index in [2.05, 4.69) is 0 Å². The molecule has 1 heterocycles. The minimum Gasteiger partial charge on any atom is -0.493 e. The molecule has 0 spiro atoms. The van der Waals surface area contributed by atoms with Crippen molar-refractivity contribution >= 4 is 20.9 Å². The molecule has 0 N–H and O–H groups in total. The second-order valence-electron chi connectivity index (χ2n) is 7.24. The van der Waals surface area contributed by atoms with Crippen LogP contribution in [0, 0.1) is 5.82 Å². The van der Waals surface area contributed by atoms with Crippen molar-refractivity contribution in [3.05, 3.63) is 58.3 Å². The molecular formula is C21H23F3N2O5S. The molecule has 3 aromatic rings. The molecule has 174 valence electrons. The number of sulfone groups is 1. The first kappa shape index (κ1) is 23.7. The largest absolute Gasteiger partial charge is 0.493 e. The van der Waals surface area contributed by atoms with Crippen LogP contribution in [0.2, 0.25) is 0 Å². The van der Waals surface area contributed by atoms with Crippen molar-refractivity contribution in [3.8, 4) is 11.5 Å². The van der Waals surface area contributed by atoms with Crippen LogP contribution in [-0.4, -0.2) is 49.7 Å². The van der Waals surface area contributed by atoms with E-state index in [1.807, 2.05) is 0 Å². The summed E-state index contributed by atoms with van der Waals surface area (Å²) in [4.78, 5) is 13.2. The van der Waals surface area contributed by atoms with E-state index < -0.39 is 46.1 Å². The lowest BCUT2D eigenvalue weighted by Gasteiger charge is -2.20. The summed E-state index contributed by atoms with van der Waals surface area (Å²) in [6.45, 7) is 1.12. The summed E-state index contributed by atoms with van der Waals surface area (Å²) in [7, 11) is -2.18. The van der Waals surface area contributed by atoms with Crippen molar-refractivity contribution in [1.82, 2.24) is 9.13 Å². The number of hydrogen-bond donors (Lipinski definition) is 0. The Kier molecular flexibility index (Phi) is 6.87. The van der Waals surface area contributed by atoms with Crippen LogP contribution in [0.15, 0.2) is 41.2 Å². The van der Waals surface area contributed by atoms with Gasteiger partial charge in [0.25, 0.3) is 6.43 Å². The Balaban J connectivity index is 2.31. The van der Waals surface area contributed by atoms with Gasteiger partial charge in [0.2, 0.25) is 0 Å². The molecule has 0 saturated carbocycles. The third-order valence-corrected chi connectivity index (χ3v) is 5.81. The Hall–Kier alpha value is -2.95. The molecular weight excluding hydrogens is 449 g/mol. The molecule has 0 radical (unpaired) electrons. The highest BCUT2D eigenvalue weighted by Crippen LogP contribution is 2.33. The van der Waals surface area contributed by atoms with Gasteiger partial charge in [0.15, 0.2) is 11.5 Å². The first-order valence-electron chi connectivity index (χ1n) is 9.72. The molecule has 0 unspecified atom stereocenters. The number of fused-ring (bicyclic) bond motifs is 1. The van der Waals surface area contributed by atoms with E-state index in [-0.39, 0.29) is 11.0 Å². The molecule has 7 nitrogen and oxygen atoms in total. The van der Waals surface area contributed by atoms with Crippen molar-refractivity contribution in [2.75, 3.05) is 25.7 Å². The monoisotopic (exact) mass is 472 g/mol. The van der Waals surface area contributed by atoms with Gasteiger partial charge < -0.3 is 9.47 Å². The molecule has 2 aromatic carbocycles. The molecule has 0 aliphatic carbocycles. The molecule has 3 rings (SSSR count). The lowest BCUT2D eigenvalue weighted by Crippen LogP contribution is -2.32. The lowest BCUT2D eigenvalue weighted by atomic mass is 10.1. The number of methoxy groups -OCH3 is 1. The summed E-state index contributed by atoms with van der Waals surface area (Å²) in [5, 5.41) is 0. The topological polar surface area (TPSA) is 79.5 Å². The summed E-state index contributed by atoms with van der Waals surface area (Å²) in [5.74, 6) is -0.458. The number of hydrogen-bond acceptors (Lipinski definition) is 5. The predicted octanol–water partition coefficient (Wildman–Crippen LogP) is 3.25. The van der Waals surface area contributed by atoms with Gasteiger partial charge in [-0.05, 0) is 42.8 Å². The van der Waals surface area contributed by atoms with E-state index >= 15 is 0 Å². The molecule has 0 aliphatic rings. The van der Waals surface area contributed by atoms with Crippen molar-refractivity contribution in [3.63, 3.8) is 0 Å². The van der Waals surface area contributed by atoms with Crippen LogP contribution in [0.4, 0.5) is 13.2 Å². The lowest BCUT2D eigenvalue weighted by molar-refractivity contribution is 0.126. The van der Waals surface area contributed by atoms with Gasteiger partial charge in [0, 0.05) is 6.26 Å². The maximum Gasteiger partial charge on any atom is 0.329 e. The minimum atomic E-state index is -3.63. The molecule has 0 fully saturated rings. The molecule has 1 atom stereocenters. The Morgan fingerprint density at radius 1 is 1.06 bits per heavy atom. The maximum absolute atomic E-state index is 13.9. The molecule has 32 heavy (non-hydrogen) atoms. The zero-order valence-electron chi connectivity index (χ0n) is 17.7. The summed E-state index contributed by atoms with van der Waals surface area (Å²) in [6.07, 6.45) is -1.86. The Morgan fingerprint density at radius 3 is 2.38 bits per heavy atom. The fourth-order valence-electron chi connectivity index (χ4n) is 3.64. The normalized spacial score (nSPS) is 13.0. The van der Waals surface area contributed by atoms with E-state index in [1.54, 1.807) is 25.1 Å². The zero-order valence-corrected chi connectivity index (χ0v) is 18.5. The van der Waals surface area contributed by atoms with Crippen LogP contribution in [0.3, 0.4) is 0 Å². The summed E-state index contributed by atoms with van der Waals surface area (Å²) < 4.78 is 77.4. The Morgan fingerprint density at radius 2 is 1.78 bits per heavy atom. The van der Waals surface area contributed by atoms with Crippen LogP contribution in [0.5, 0.6) is 11.5 Å².